The average molecular weight is 215 g/mol. The standard InChI is InChI=1S/C9H17N3OS/c1-7(9(10)14)11-3-5-12(6-4-11)8(2)13/h7H,3-6H2,1-2H3,(H2,10,14). The molecule has 14 heavy (non-hydrogen) atoms. The van der Waals surface area contributed by atoms with Gasteiger partial charge in [0.15, 0.2) is 0 Å². The van der Waals surface area contributed by atoms with E-state index in [0.717, 1.165) is 26.2 Å². The minimum absolute atomic E-state index is 0.138. The largest absolute Gasteiger partial charge is 0.392 e. The minimum atomic E-state index is 0.138. The van der Waals surface area contributed by atoms with Gasteiger partial charge in [-0.15, -0.1) is 0 Å². The number of thiocarbonyl (C=S) groups is 1. The van der Waals surface area contributed by atoms with E-state index in [2.05, 4.69) is 4.90 Å². The molecule has 0 aromatic heterocycles. The zero-order valence-corrected chi connectivity index (χ0v) is 9.51. The van der Waals surface area contributed by atoms with Gasteiger partial charge in [-0.25, -0.2) is 0 Å². The summed E-state index contributed by atoms with van der Waals surface area (Å²) in [5.74, 6) is 0.146. The van der Waals surface area contributed by atoms with Crippen LogP contribution in [0.15, 0.2) is 0 Å². The molecule has 5 heteroatoms. The number of amides is 1. The Morgan fingerprint density at radius 1 is 1.36 bits per heavy atom. The van der Waals surface area contributed by atoms with Crippen molar-refractivity contribution in [2.75, 3.05) is 26.2 Å². The Morgan fingerprint density at radius 3 is 2.21 bits per heavy atom. The van der Waals surface area contributed by atoms with Crippen molar-refractivity contribution >= 4 is 23.1 Å². The number of hydrogen-bond donors (Lipinski definition) is 1. The van der Waals surface area contributed by atoms with E-state index in [4.69, 9.17) is 18.0 Å². The molecule has 1 atom stereocenters. The fraction of sp³-hybridized carbons (Fsp3) is 0.778. The van der Waals surface area contributed by atoms with Crippen molar-refractivity contribution in [3.05, 3.63) is 0 Å². The molecule has 1 aliphatic heterocycles. The average Bonchev–Trinajstić information content (AvgIpc) is 2.16. The van der Waals surface area contributed by atoms with Gasteiger partial charge in [-0.05, 0) is 6.92 Å². The third-order valence-electron chi connectivity index (χ3n) is 2.72. The first-order valence-corrected chi connectivity index (χ1v) is 5.22. The van der Waals surface area contributed by atoms with Crippen LogP contribution in [-0.4, -0.2) is 52.9 Å². The summed E-state index contributed by atoms with van der Waals surface area (Å²) in [4.78, 5) is 15.7. The highest BCUT2D eigenvalue weighted by molar-refractivity contribution is 7.80. The predicted octanol–water partition coefficient (Wildman–Crippen LogP) is -0.175. The Kier molecular flexibility index (Phi) is 3.83. The lowest BCUT2D eigenvalue weighted by atomic mass is 10.2. The van der Waals surface area contributed by atoms with Crippen molar-refractivity contribution in [2.24, 2.45) is 5.73 Å². The molecule has 1 amide bonds. The van der Waals surface area contributed by atoms with Crippen molar-refractivity contribution in [2.45, 2.75) is 19.9 Å². The zero-order chi connectivity index (χ0) is 10.7. The first-order valence-electron chi connectivity index (χ1n) is 4.81. The zero-order valence-electron chi connectivity index (χ0n) is 8.69. The number of carbonyl (C=O) groups is 1. The number of hydrogen-bond acceptors (Lipinski definition) is 3. The van der Waals surface area contributed by atoms with Crippen LogP contribution < -0.4 is 5.73 Å². The summed E-state index contributed by atoms with van der Waals surface area (Å²) >= 11 is 4.94. The summed E-state index contributed by atoms with van der Waals surface area (Å²) in [6, 6.07) is 0.138. The van der Waals surface area contributed by atoms with Crippen LogP contribution in [0.3, 0.4) is 0 Å². The second kappa shape index (κ2) is 4.70. The summed E-state index contributed by atoms with van der Waals surface area (Å²) in [5, 5.41) is 0. The van der Waals surface area contributed by atoms with Crippen LogP contribution in [0.1, 0.15) is 13.8 Å². The van der Waals surface area contributed by atoms with E-state index in [-0.39, 0.29) is 11.9 Å². The summed E-state index contributed by atoms with van der Waals surface area (Å²) in [7, 11) is 0. The van der Waals surface area contributed by atoms with E-state index in [0.29, 0.717) is 4.99 Å². The van der Waals surface area contributed by atoms with E-state index in [1.54, 1.807) is 6.92 Å². The molecule has 0 aromatic rings. The van der Waals surface area contributed by atoms with E-state index < -0.39 is 0 Å². The van der Waals surface area contributed by atoms with Gasteiger partial charge in [0.25, 0.3) is 0 Å². The van der Waals surface area contributed by atoms with Crippen LogP contribution in [-0.2, 0) is 4.79 Å². The van der Waals surface area contributed by atoms with Crippen LogP contribution in [0.4, 0.5) is 0 Å². The molecule has 1 saturated heterocycles. The van der Waals surface area contributed by atoms with Gasteiger partial charge < -0.3 is 10.6 Å². The highest BCUT2D eigenvalue weighted by atomic mass is 32.1. The molecule has 1 heterocycles. The molecule has 1 unspecified atom stereocenters. The molecule has 80 valence electrons. The van der Waals surface area contributed by atoms with Gasteiger partial charge in [0.05, 0.1) is 11.0 Å². The predicted molar refractivity (Wildman–Crippen MR) is 60.1 cm³/mol. The van der Waals surface area contributed by atoms with Crippen molar-refractivity contribution < 1.29 is 4.79 Å². The van der Waals surface area contributed by atoms with E-state index in [1.807, 2.05) is 11.8 Å². The number of piperazine rings is 1. The fourth-order valence-electron chi connectivity index (χ4n) is 1.60. The quantitative estimate of drug-likeness (QED) is 0.650. The van der Waals surface area contributed by atoms with Crippen LogP contribution >= 0.6 is 12.2 Å². The Labute approximate surface area is 90.0 Å². The lowest BCUT2D eigenvalue weighted by molar-refractivity contribution is -0.130. The summed E-state index contributed by atoms with van der Waals surface area (Å²) in [6.45, 7) is 6.89. The van der Waals surface area contributed by atoms with Crippen molar-refractivity contribution in [3.63, 3.8) is 0 Å². The topological polar surface area (TPSA) is 49.6 Å². The molecule has 4 nitrogen and oxygen atoms in total. The summed E-state index contributed by atoms with van der Waals surface area (Å²) < 4.78 is 0. The minimum Gasteiger partial charge on any atom is -0.392 e. The lowest BCUT2D eigenvalue weighted by Crippen LogP contribution is -2.53. The summed E-state index contributed by atoms with van der Waals surface area (Å²) in [5.41, 5.74) is 5.57. The van der Waals surface area contributed by atoms with Crippen molar-refractivity contribution in [3.8, 4) is 0 Å². The molecule has 1 rings (SSSR count). The smallest absolute Gasteiger partial charge is 0.219 e. The maximum Gasteiger partial charge on any atom is 0.219 e. The Bertz CT molecular complexity index is 236. The van der Waals surface area contributed by atoms with Gasteiger partial charge in [-0.2, -0.15) is 0 Å². The SMILES string of the molecule is CC(=O)N1CCN(C(C)C(N)=S)CC1. The fourth-order valence-corrected chi connectivity index (χ4v) is 1.75. The van der Waals surface area contributed by atoms with Crippen molar-refractivity contribution in [1.29, 1.82) is 0 Å². The Hall–Kier alpha value is -0.680. The van der Waals surface area contributed by atoms with Gasteiger partial charge >= 0.3 is 0 Å². The molecule has 0 spiro atoms. The molecule has 0 aliphatic carbocycles. The lowest BCUT2D eigenvalue weighted by Gasteiger charge is -2.37. The van der Waals surface area contributed by atoms with Gasteiger partial charge in [0, 0.05) is 33.1 Å². The third kappa shape index (κ3) is 2.65. The monoisotopic (exact) mass is 215 g/mol. The normalized spacial score (nSPS) is 20.6. The maximum atomic E-state index is 11.1. The van der Waals surface area contributed by atoms with Gasteiger partial charge in [-0.3, -0.25) is 9.69 Å². The van der Waals surface area contributed by atoms with Gasteiger partial charge in [0.1, 0.15) is 0 Å². The molecular weight excluding hydrogens is 198 g/mol. The number of carbonyl (C=O) groups excluding carboxylic acids is 1. The summed E-state index contributed by atoms with van der Waals surface area (Å²) in [6.07, 6.45) is 0. The van der Waals surface area contributed by atoms with Gasteiger partial charge in [-0.1, -0.05) is 12.2 Å². The van der Waals surface area contributed by atoms with Crippen LogP contribution in [0.2, 0.25) is 0 Å². The first kappa shape index (κ1) is 11.4. The highest BCUT2D eigenvalue weighted by Gasteiger charge is 2.23. The number of nitrogens with two attached hydrogens (primary N) is 1. The van der Waals surface area contributed by atoms with E-state index in [1.165, 1.54) is 0 Å². The Morgan fingerprint density at radius 2 is 1.86 bits per heavy atom. The first-order chi connectivity index (χ1) is 6.52. The highest BCUT2D eigenvalue weighted by Crippen LogP contribution is 2.06. The molecule has 1 aliphatic rings. The molecule has 0 bridgehead atoms. The molecular formula is C9H17N3OS. The van der Waals surface area contributed by atoms with Gasteiger partial charge in [0.2, 0.25) is 5.91 Å². The van der Waals surface area contributed by atoms with Crippen LogP contribution in [0.25, 0.3) is 0 Å². The maximum absolute atomic E-state index is 11.1. The van der Waals surface area contributed by atoms with Crippen LogP contribution in [0.5, 0.6) is 0 Å². The molecule has 0 saturated carbocycles. The third-order valence-corrected chi connectivity index (χ3v) is 3.06. The number of nitrogens with zero attached hydrogens (tertiary/aromatic N) is 2. The van der Waals surface area contributed by atoms with E-state index >= 15 is 0 Å². The molecule has 2 N–H and O–H groups in total. The second-order valence-corrected chi connectivity index (χ2v) is 4.09. The van der Waals surface area contributed by atoms with Crippen LogP contribution in [0, 0.1) is 0 Å². The molecule has 1 fully saturated rings. The second-order valence-electron chi connectivity index (χ2n) is 3.62. The van der Waals surface area contributed by atoms with E-state index in [9.17, 15) is 4.79 Å². The van der Waals surface area contributed by atoms with Crippen molar-refractivity contribution in [1.82, 2.24) is 9.80 Å². The number of rotatable bonds is 2. The Balaban J connectivity index is 2.43. The molecule has 0 radical (unpaired) electrons. The molecule has 0 aromatic carbocycles.